The van der Waals surface area contributed by atoms with Crippen molar-refractivity contribution >= 4 is 11.9 Å². The van der Waals surface area contributed by atoms with Crippen molar-refractivity contribution in [3.63, 3.8) is 0 Å². The third-order valence-electron chi connectivity index (χ3n) is 6.99. The Kier molecular flexibility index (Phi) is 11.3. The van der Waals surface area contributed by atoms with Gasteiger partial charge in [-0.2, -0.15) is 0 Å². The highest BCUT2D eigenvalue weighted by molar-refractivity contribution is 5.70. The minimum absolute atomic E-state index is 0.141. The minimum Gasteiger partial charge on any atom is -0.481 e. The average molecular weight is 515 g/mol. The molecule has 0 saturated carbocycles. The Balaban J connectivity index is 2.22. The molecule has 4 N–H and O–H groups in total. The fraction of sp³-hybridized carbons (Fsp3) is 0.533. The Hall–Kier alpha value is -2.74. The molecule has 0 amide bonds. The van der Waals surface area contributed by atoms with Crippen molar-refractivity contribution in [1.29, 1.82) is 0 Å². The van der Waals surface area contributed by atoms with E-state index in [1.54, 1.807) is 44.2 Å². The summed E-state index contributed by atoms with van der Waals surface area (Å²) >= 11 is 0. The molecule has 0 aliphatic carbocycles. The summed E-state index contributed by atoms with van der Waals surface area (Å²) < 4.78 is 5.73. The number of carbonyl (C=O) groups is 2. The van der Waals surface area contributed by atoms with Gasteiger partial charge in [-0.05, 0) is 57.6 Å². The summed E-state index contributed by atoms with van der Waals surface area (Å²) in [6.45, 7) is 6.97. The third-order valence-corrected chi connectivity index (χ3v) is 6.99. The number of carboxylic acids is 1. The Morgan fingerprint density at radius 3 is 2.57 bits per heavy atom. The minimum atomic E-state index is -1.35. The number of hydrogen-bond donors (Lipinski definition) is 4. The first-order valence-corrected chi connectivity index (χ1v) is 12.9. The van der Waals surface area contributed by atoms with Gasteiger partial charge in [0.15, 0.2) is 0 Å². The van der Waals surface area contributed by atoms with Gasteiger partial charge in [0.05, 0.1) is 30.1 Å². The van der Waals surface area contributed by atoms with E-state index in [0.717, 1.165) is 17.6 Å². The maximum absolute atomic E-state index is 12.6. The number of aliphatic hydroxyl groups is 3. The Labute approximate surface area is 220 Å². The van der Waals surface area contributed by atoms with Crippen molar-refractivity contribution in [3.8, 4) is 0 Å². The molecule has 7 nitrogen and oxygen atoms in total. The predicted molar refractivity (Wildman–Crippen MR) is 143 cm³/mol. The van der Waals surface area contributed by atoms with Gasteiger partial charge in [-0.1, -0.05) is 67.6 Å². The van der Waals surface area contributed by atoms with E-state index < -0.39 is 41.3 Å². The molecule has 2 rings (SSSR count). The van der Waals surface area contributed by atoms with Crippen LogP contribution in [0.2, 0.25) is 0 Å². The number of aliphatic hydroxyl groups excluding tert-OH is 1. The summed E-state index contributed by atoms with van der Waals surface area (Å²) in [7, 11) is 0. The average Bonchev–Trinajstić information content (AvgIpc) is 2.82. The second-order valence-corrected chi connectivity index (χ2v) is 10.7. The molecule has 0 saturated heterocycles. The van der Waals surface area contributed by atoms with Crippen LogP contribution in [0.15, 0.2) is 66.3 Å². The topological polar surface area (TPSA) is 124 Å². The lowest BCUT2D eigenvalue weighted by Gasteiger charge is -2.32. The second kappa shape index (κ2) is 13.7. The van der Waals surface area contributed by atoms with E-state index in [1.165, 1.54) is 0 Å². The van der Waals surface area contributed by atoms with Gasteiger partial charge in [0.25, 0.3) is 0 Å². The highest BCUT2D eigenvalue weighted by Crippen LogP contribution is 2.30. The zero-order valence-corrected chi connectivity index (χ0v) is 22.3. The molecule has 6 atom stereocenters. The highest BCUT2D eigenvalue weighted by Gasteiger charge is 2.34. The van der Waals surface area contributed by atoms with Gasteiger partial charge in [-0.3, -0.25) is 9.59 Å². The van der Waals surface area contributed by atoms with Crippen LogP contribution in [0.4, 0.5) is 0 Å². The molecule has 204 valence electrons. The highest BCUT2D eigenvalue weighted by atomic mass is 16.5. The van der Waals surface area contributed by atoms with Crippen LogP contribution in [0.25, 0.3) is 0 Å². The van der Waals surface area contributed by atoms with Gasteiger partial charge >= 0.3 is 11.9 Å². The lowest BCUT2D eigenvalue weighted by molar-refractivity contribution is -0.151. The van der Waals surface area contributed by atoms with Crippen LogP contribution in [-0.4, -0.2) is 55.8 Å². The number of carbonyl (C=O) groups excluding carboxylic acids is 1. The van der Waals surface area contributed by atoms with Crippen molar-refractivity contribution < 1.29 is 34.8 Å². The standard InChI is InChI=1S/C30H42O7/c1-21(9-8-16-29(3,35)17-14-23-10-6-5-7-11-23)28-22(2)12-13-24(19-26(32)33)30(4,36)18-15-25(31)20-27(34)37-28/h5-13,16,22,24-25,28,31,35-36H,14-15,17-20H2,1-4H3,(H,32,33)/b13-12+,16-8+,21-9+/t22-,24+,25+,28+,29-,30+/m0/s1. The molecule has 0 spiro atoms. The van der Waals surface area contributed by atoms with Crippen LogP contribution >= 0.6 is 0 Å². The smallest absolute Gasteiger partial charge is 0.309 e. The predicted octanol–water partition coefficient (Wildman–Crippen LogP) is 4.36. The number of aryl methyl sites for hydroxylation is 1. The van der Waals surface area contributed by atoms with Crippen LogP contribution in [0, 0.1) is 11.8 Å². The van der Waals surface area contributed by atoms with Crippen LogP contribution in [0.5, 0.6) is 0 Å². The fourth-order valence-electron chi connectivity index (χ4n) is 4.46. The van der Waals surface area contributed by atoms with Gasteiger partial charge in [-0.25, -0.2) is 0 Å². The zero-order valence-electron chi connectivity index (χ0n) is 22.3. The number of allylic oxidation sites excluding steroid dienone is 2. The van der Waals surface area contributed by atoms with E-state index in [-0.39, 0.29) is 31.6 Å². The van der Waals surface area contributed by atoms with Gasteiger partial charge < -0.3 is 25.2 Å². The monoisotopic (exact) mass is 514 g/mol. The van der Waals surface area contributed by atoms with Crippen molar-refractivity contribution in [2.45, 2.75) is 89.6 Å². The van der Waals surface area contributed by atoms with E-state index in [4.69, 9.17) is 4.74 Å². The summed E-state index contributed by atoms with van der Waals surface area (Å²) in [6, 6.07) is 9.93. The van der Waals surface area contributed by atoms with Crippen LogP contribution < -0.4 is 0 Å². The maximum atomic E-state index is 12.6. The first kappa shape index (κ1) is 30.5. The van der Waals surface area contributed by atoms with E-state index in [1.807, 2.05) is 44.2 Å². The summed E-state index contributed by atoms with van der Waals surface area (Å²) in [6.07, 6.45) is 8.10. The summed E-state index contributed by atoms with van der Waals surface area (Å²) in [4.78, 5) is 24.0. The van der Waals surface area contributed by atoms with E-state index >= 15 is 0 Å². The molecule has 37 heavy (non-hydrogen) atoms. The number of esters is 1. The molecular formula is C30H42O7. The number of carboxylic acid groups (broad SMARTS) is 1. The van der Waals surface area contributed by atoms with Gasteiger partial charge in [0.1, 0.15) is 6.10 Å². The quantitative estimate of drug-likeness (QED) is 0.231. The number of benzene rings is 1. The van der Waals surface area contributed by atoms with Crippen molar-refractivity contribution in [2.24, 2.45) is 11.8 Å². The number of ether oxygens (including phenoxy) is 1. The molecule has 1 aliphatic rings. The molecule has 1 aromatic rings. The molecule has 0 fully saturated rings. The van der Waals surface area contributed by atoms with Crippen molar-refractivity contribution in [3.05, 3.63) is 71.8 Å². The number of rotatable bonds is 8. The number of aliphatic carboxylic acids is 1. The van der Waals surface area contributed by atoms with Crippen LogP contribution in [0.3, 0.4) is 0 Å². The second-order valence-electron chi connectivity index (χ2n) is 10.7. The summed E-state index contributed by atoms with van der Waals surface area (Å²) in [5.41, 5.74) is -0.506. The number of hydrogen-bond acceptors (Lipinski definition) is 6. The summed E-state index contributed by atoms with van der Waals surface area (Å²) in [5.74, 6) is -2.57. The first-order valence-electron chi connectivity index (χ1n) is 12.9. The van der Waals surface area contributed by atoms with Gasteiger partial charge in [0.2, 0.25) is 0 Å². The van der Waals surface area contributed by atoms with Crippen molar-refractivity contribution in [1.82, 2.24) is 0 Å². The third kappa shape index (κ3) is 10.6. The lowest BCUT2D eigenvalue weighted by Crippen LogP contribution is -2.37. The Morgan fingerprint density at radius 2 is 1.92 bits per heavy atom. The van der Waals surface area contributed by atoms with E-state index in [0.29, 0.717) is 6.42 Å². The molecule has 1 heterocycles. The van der Waals surface area contributed by atoms with E-state index in [2.05, 4.69) is 0 Å². The molecule has 0 bridgehead atoms. The van der Waals surface area contributed by atoms with Crippen molar-refractivity contribution in [2.75, 3.05) is 0 Å². The van der Waals surface area contributed by atoms with E-state index in [9.17, 15) is 30.0 Å². The Bertz CT molecular complexity index is 975. The molecule has 1 aromatic carbocycles. The summed E-state index contributed by atoms with van der Waals surface area (Å²) in [5, 5.41) is 41.4. The van der Waals surface area contributed by atoms with Crippen LogP contribution in [-0.2, 0) is 20.7 Å². The Morgan fingerprint density at radius 1 is 1.24 bits per heavy atom. The SMILES string of the molecule is C/C(=C\C=C\[C@](C)(O)CCc1ccccc1)[C@H]1OC(=O)C[C@H](O)CC[C@@](C)(O)[C@@H](CC(=O)O)/C=C/[C@@H]1C. The van der Waals surface area contributed by atoms with Gasteiger partial charge in [0, 0.05) is 11.8 Å². The number of cyclic esters (lactones) is 1. The lowest BCUT2D eigenvalue weighted by atomic mass is 9.80. The first-order chi connectivity index (χ1) is 17.3. The zero-order chi connectivity index (χ0) is 27.6. The fourth-order valence-corrected chi connectivity index (χ4v) is 4.46. The van der Waals surface area contributed by atoms with Crippen LogP contribution in [0.1, 0.15) is 65.4 Å². The molecular weight excluding hydrogens is 472 g/mol. The normalized spacial score (nSPS) is 30.6. The maximum Gasteiger partial charge on any atom is 0.309 e. The largest absolute Gasteiger partial charge is 0.481 e. The molecule has 0 unspecified atom stereocenters. The molecule has 7 heteroatoms. The molecule has 1 aliphatic heterocycles. The molecule has 0 radical (unpaired) electrons. The van der Waals surface area contributed by atoms with Gasteiger partial charge in [-0.15, -0.1) is 0 Å². The molecule has 0 aromatic heterocycles.